The van der Waals surface area contributed by atoms with Crippen LogP contribution in [-0.2, 0) is 0 Å². The Labute approximate surface area is 146 Å². The number of piperidine rings is 1. The second kappa shape index (κ2) is 7.01. The molecule has 0 radical (unpaired) electrons. The summed E-state index contributed by atoms with van der Waals surface area (Å²) in [4.78, 5) is 19.1. The molecule has 1 aromatic carbocycles. The van der Waals surface area contributed by atoms with Crippen LogP contribution in [0.5, 0.6) is 0 Å². The minimum absolute atomic E-state index is 0.0316. The highest BCUT2D eigenvalue weighted by atomic mass is 32.1. The molecule has 1 unspecified atom stereocenters. The number of hydrogen-bond donors (Lipinski definition) is 0. The molecule has 0 spiro atoms. The molecule has 1 amide bonds. The Morgan fingerprint density at radius 3 is 2.96 bits per heavy atom. The molecular formula is C19H23FN2OS. The summed E-state index contributed by atoms with van der Waals surface area (Å²) in [6.45, 7) is 6.02. The summed E-state index contributed by atoms with van der Waals surface area (Å²) >= 11 is 1.32. The summed E-state index contributed by atoms with van der Waals surface area (Å²) in [6, 6.07) is 6.55. The lowest BCUT2D eigenvalue weighted by Gasteiger charge is -2.40. The Hall–Kier alpha value is -1.75. The molecule has 0 bridgehead atoms. The van der Waals surface area contributed by atoms with E-state index in [-0.39, 0.29) is 17.1 Å². The molecule has 2 heterocycles. The number of amides is 1. The fraction of sp³-hybridized carbons (Fsp3) is 0.474. The molecule has 0 aliphatic carbocycles. The molecule has 0 N–H and O–H groups in total. The van der Waals surface area contributed by atoms with E-state index in [9.17, 15) is 9.18 Å². The van der Waals surface area contributed by atoms with Gasteiger partial charge in [0.05, 0.1) is 0 Å². The van der Waals surface area contributed by atoms with Gasteiger partial charge in [-0.15, -0.1) is 11.3 Å². The predicted molar refractivity (Wildman–Crippen MR) is 95.7 cm³/mol. The van der Waals surface area contributed by atoms with E-state index in [1.54, 1.807) is 23.6 Å². The summed E-state index contributed by atoms with van der Waals surface area (Å²) in [7, 11) is 0. The first kappa shape index (κ1) is 17.1. The first-order chi connectivity index (χ1) is 11.5. The molecule has 1 fully saturated rings. The van der Waals surface area contributed by atoms with E-state index < -0.39 is 0 Å². The number of likely N-dealkylation sites (tertiary alicyclic amines) is 1. The maximum atomic E-state index is 13.9. The Kier molecular flexibility index (Phi) is 4.99. The molecule has 1 saturated heterocycles. The lowest BCUT2D eigenvalue weighted by molar-refractivity contribution is 0.0525. The van der Waals surface area contributed by atoms with Crippen molar-refractivity contribution in [1.29, 1.82) is 0 Å². The van der Waals surface area contributed by atoms with Gasteiger partial charge in [-0.1, -0.05) is 32.4 Å². The van der Waals surface area contributed by atoms with Gasteiger partial charge in [-0.2, -0.15) is 0 Å². The number of thiazole rings is 1. The number of aromatic nitrogens is 1. The number of nitrogens with zero attached hydrogens (tertiary/aromatic N) is 2. The van der Waals surface area contributed by atoms with E-state index in [2.05, 4.69) is 18.8 Å². The van der Waals surface area contributed by atoms with Crippen molar-refractivity contribution in [2.24, 2.45) is 5.41 Å². The second-order valence-corrected chi connectivity index (χ2v) is 7.77. The molecule has 5 heteroatoms. The van der Waals surface area contributed by atoms with Crippen LogP contribution >= 0.6 is 11.3 Å². The molecule has 128 valence electrons. The topological polar surface area (TPSA) is 33.2 Å². The van der Waals surface area contributed by atoms with Crippen LogP contribution in [0.25, 0.3) is 10.6 Å². The van der Waals surface area contributed by atoms with Crippen molar-refractivity contribution in [1.82, 2.24) is 9.88 Å². The quantitative estimate of drug-likeness (QED) is 0.781. The van der Waals surface area contributed by atoms with Crippen molar-refractivity contribution < 1.29 is 9.18 Å². The molecule has 0 saturated carbocycles. The Morgan fingerprint density at radius 1 is 1.42 bits per heavy atom. The van der Waals surface area contributed by atoms with Gasteiger partial charge in [-0.3, -0.25) is 4.79 Å². The Bertz CT molecular complexity index is 726. The van der Waals surface area contributed by atoms with Gasteiger partial charge in [-0.25, -0.2) is 9.37 Å². The van der Waals surface area contributed by atoms with Gasteiger partial charge >= 0.3 is 0 Å². The second-order valence-electron chi connectivity index (χ2n) is 6.91. The van der Waals surface area contributed by atoms with Crippen LogP contribution in [0, 0.1) is 11.2 Å². The van der Waals surface area contributed by atoms with Crippen molar-refractivity contribution in [2.45, 2.75) is 39.5 Å². The zero-order chi connectivity index (χ0) is 17.2. The largest absolute Gasteiger partial charge is 0.337 e. The normalized spacial score (nSPS) is 21.0. The van der Waals surface area contributed by atoms with Gasteiger partial charge in [0.15, 0.2) is 0 Å². The van der Waals surface area contributed by atoms with E-state index in [1.807, 2.05) is 4.90 Å². The maximum absolute atomic E-state index is 13.9. The molecule has 1 atom stereocenters. The zero-order valence-corrected chi connectivity index (χ0v) is 15.0. The molecule has 2 aromatic rings. The Morgan fingerprint density at radius 2 is 2.21 bits per heavy atom. The van der Waals surface area contributed by atoms with Crippen molar-refractivity contribution in [3.05, 3.63) is 41.2 Å². The van der Waals surface area contributed by atoms with E-state index >= 15 is 0 Å². The van der Waals surface area contributed by atoms with E-state index in [1.165, 1.54) is 23.8 Å². The van der Waals surface area contributed by atoms with Gasteiger partial charge < -0.3 is 4.90 Å². The number of carbonyl (C=O) groups is 1. The van der Waals surface area contributed by atoms with Crippen LogP contribution in [0.4, 0.5) is 4.39 Å². The summed E-state index contributed by atoms with van der Waals surface area (Å²) in [5, 5.41) is 2.31. The van der Waals surface area contributed by atoms with Crippen LogP contribution in [0.15, 0.2) is 29.6 Å². The van der Waals surface area contributed by atoms with Crippen LogP contribution in [0.1, 0.15) is 50.0 Å². The highest BCUT2D eigenvalue weighted by Gasteiger charge is 2.33. The van der Waals surface area contributed by atoms with E-state index in [0.717, 1.165) is 32.4 Å². The monoisotopic (exact) mass is 346 g/mol. The molecule has 24 heavy (non-hydrogen) atoms. The Balaban J connectivity index is 1.78. The molecular weight excluding hydrogens is 323 g/mol. The predicted octanol–water partition coefficient (Wildman–Crippen LogP) is 4.99. The molecule has 3 nitrogen and oxygen atoms in total. The minimum Gasteiger partial charge on any atom is -0.337 e. The van der Waals surface area contributed by atoms with Crippen molar-refractivity contribution in [2.75, 3.05) is 13.1 Å². The lowest BCUT2D eigenvalue weighted by Crippen LogP contribution is -2.44. The number of rotatable bonds is 4. The number of benzene rings is 1. The van der Waals surface area contributed by atoms with Crippen LogP contribution < -0.4 is 0 Å². The average Bonchev–Trinajstić information content (AvgIpc) is 3.04. The third-order valence-corrected chi connectivity index (χ3v) is 5.62. The number of halogens is 1. The van der Waals surface area contributed by atoms with Gasteiger partial charge in [0.25, 0.3) is 5.91 Å². The summed E-state index contributed by atoms with van der Waals surface area (Å²) < 4.78 is 13.9. The smallest absolute Gasteiger partial charge is 0.273 e. The fourth-order valence-electron chi connectivity index (χ4n) is 3.59. The first-order valence-corrected chi connectivity index (χ1v) is 9.40. The molecule has 1 aliphatic rings. The first-order valence-electron chi connectivity index (χ1n) is 8.52. The van der Waals surface area contributed by atoms with E-state index in [4.69, 9.17) is 0 Å². The third-order valence-electron chi connectivity index (χ3n) is 4.75. The van der Waals surface area contributed by atoms with E-state index in [0.29, 0.717) is 16.3 Å². The van der Waals surface area contributed by atoms with Crippen LogP contribution in [0.2, 0.25) is 0 Å². The average molecular weight is 346 g/mol. The standard InChI is InChI=1S/C19H23FN2OS/c1-3-9-19(2)10-6-11-22(13-19)18(23)16-12-24-17(21-16)14-7-4-5-8-15(14)20/h4-5,7-8,12H,3,6,9-11,13H2,1-2H3. The molecule has 1 aliphatic heterocycles. The molecule has 3 rings (SSSR count). The van der Waals surface area contributed by atoms with Crippen molar-refractivity contribution >= 4 is 17.2 Å². The SMILES string of the molecule is CCCC1(C)CCCN(C(=O)c2csc(-c3ccccc3F)n2)C1. The highest BCUT2D eigenvalue weighted by Crippen LogP contribution is 2.35. The molecule has 1 aromatic heterocycles. The zero-order valence-electron chi connectivity index (χ0n) is 14.2. The fourth-order valence-corrected chi connectivity index (χ4v) is 4.41. The summed E-state index contributed by atoms with van der Waals surface area (Å²) in [6.07, 6.45) is 4.47. The lowest BCUT2D eigenvalue weighted by atomic mass is 9.78. The number of carbonyl (C=O) groups excluding carboxylic acids is 1. The van der Waals surface area contributed by atoms with Crippen molar-refractivity contribution in [3.63, 3.8) is 0 Å². The highest BCUT2D eigenvalue weighted by molar-refractivity contribution is 7.13. The van der Waals surface area contributed by atoms with Crippen LogP contribution in [-0.4, -0.2) is 28.9 Å². The summed E-state index contributed by atoms with van der Waals surface area (Å²) in [5.41, 5.74) is 1.09. The van der Waals surface area contributed by atoms with Gasteiger partial charge in [0.2, 0.25) is 0 Å². The maximum Gasteiger partial charge on any atom is 0.273 e. The minimum atomic E-state index is -0.306. The van der Waals surface area contributed by atoms with Gasteiger partial charge in [-0.05, 0) is 36.8 Å². The summed E-state index contributed by atoms with van der Waals surface area (Å²) in [5.74, 6) is -0.338. The van der Waals surface area contributed by atoms with Gasteiger partial charge in [0, 0.05) is 24.0 Å². The third kappa shape index (κ3) is 3.51. The number of hydrogen-bond acceptors (Lipinski definition) is 3. The van der Waals surface area contributed by atoms with Gasteiger partial charge in [0.1, 0.15) is 16.5 Å². The van der Waals surface area contributed by atoms with Crippen LogP contribution in [0.3, 0.4) is 0 Å². The van der Waals surface area contributed by atoms with Crippen molar-refractivity contribution in [3.8, 4) is 10.6 Å².